The van der Waals surface area contributed by atoms with Gasteiger partial charge in [-0.15, -0.1) is 0 Å². The molecule has 3 heterocycles. The van der Waals surface area contributed by atoms with E-state index in [1.54, 1.807) is 18.2 Å². The third-order valence-electron chi connectivity index (χ3n) is 5.40. The SMILES string of the molecule is Nc1ccc2nc(-c3ccc([N+](=O)[O-])cc3)c(CN3CCC(C(=O)O)CC3)n2c1. The van der Waals surface area contributed by atoms with Gasteiger partial charge >= 0.3 is 5.97 Å². The molecule has 9 nitrogen and oxygen atoms in total. The number of carboxylic acid groups (broad SMARTS) is 1. The number of non-ortho nitro benzene ring substituents is 1. The van der Waals surface area contributed by atoms with E-state index in [1.807, 2.05) is 16.7 Å². The second-order valence-electron chi connectivity index (χ2n) is 7.29. The summed E-state index contributed by atoms with van der Waals surface area (Å²) in [6, 6.07) is 9.95. The van der Waals surface area contributed by atoms with Crippen LogP contribution in [-0.2, 0) is 11.3 Å². The van der Waals surface area contributed by atoms with Crippen LogP contribution >= 0.6 is 0 Å². The summed E-state index contributed by atoms with van der Waals surface area (Å²) in [6.07, 6.45) is 3.04. The van der Waals surface area contributed by atoms with Crippen LogP contribution in [0, 0.1) is 16.0 Å². The Morgan fingerprint density at radius 2 is 1.90 bits per heavy atom. The molecule has 1 aliphatic heterocycles. The molecule has 3 aromatic rings. The van der Waals surface area contributed by atoms with Crippen LogP contribution in [0.25, 0.3) is 16.9 Å². The van der Waals surface area contributed by atoms with Crippen LogP contribution in [0.3, 0.4) is 0 Å². The number of benzene rings is 1. The number of rotatable bonds is 5. The van der Waals surface area contributed by atoms with Crippen molar-refractivity contribution in [3.05, 3.63) is 58.4 Å². The molecule has 4 rings (SSSR count). The largest absolute Gasteiger partial charge is 0.481 e. The zero-order chi connectivity index (χ0) is 20.5. The van der Waals surface area contributed by atoms with Gasteiger partial charge in [-0.05, 0) is 50.2 Å². The van der Waals surface area contributed by atoms with Crippen molar-refractivity contribution in [3.63, 3.8) is 0 Å². The van der Waals surface area contributed by atoms with Gasteiger partial charge in [0.25, 0.3) is 5.69 Å². The monoisotopic (exact) mass is 395 g/mol. The van der Waals surface area contributed by atoms with Crippen molar-refractivity contribution < 1.29 is 14.8 Å². The van der Waals surface area contributed by atoms with Gasteiger partial charge in [-0.25, -0.2) is 4.98 Å². The van der Waals surface area contributed by atoms with Crippen molar-refractivity contribution >= 4 is 23.0 Å². The minimum atomic E-state index is -0.737. The third-order valence-corrected chi connectivity index (χ3v) is 5.40. The second kappa shape index (κ2) is 7.51. The number of aromatic nitrogens is 2. The molecule has 3 N–H and O–H groups in total. The number of carboxylic acids is 1. The summed E-state index contributed by atoms with van der Waals surface area (Å²) in [5.41, 5.74) is 9.80. The highest BCUT2D eigenvalue weighted by Crippen LogP contribution is 2.29. The van der Waals surface area contributed by atoms with Crippen LogP contribution in [0.5, 0.6) is 0 Å². The number of anilines is 1. The highest BCUT2D eigenvalue weighted by Gasteiger charge is 2.26. The number of fused-ring (bicyclic) bond motifs is 1. The Labute approximate surface area is 166 Å². The summed E-state index contributed by atoms with van der Waals surface area (Å²) in [4.78, 5) is 28.7. The quantitative estimate of drug-likeness (QED) is 0.502. The molecule has 9 heteroatoms. The Bertz CT molecular complexity index is 1070. The van der Waals surface area contributed by atoms with Gasteiger partial charge in [-0.3, -0.25) is 19.8 Å². The van der Waals surface area contributed by atoms with Crippen LogP contribution in [0.4, 0.5) is 11.4 Å². The number of hydrogen-bond donors (Lipinski definition) is 2. The Hall–Kier alpha value is -3.46. The molecule has 29 heavy (non-hydrogen) atoms. The number of imidazole rings is 1. The molecule has 1 saturated heterocycles. The van der Waals surface area contributed by atoms with Gasteiger partial charge in [0.2, 0.25) is 0 Å². The molecular formula is C20H21N5O4. The van der Waals surface area contributed by atoms with E-state index in [9.17, 15) is 20.0 Å². The molecule has 0 amide bonds. The van der Waals surface area contributed by atoms with Crippen molar-refractivity contribution in [2.45, 2.75) is 19.4 Å². The van der Waals surface area contributed by atoms with E-state index in [2.05, 4.69) is 4.90 Å². The average molecular weight is 395 g/mol. The highest BCUT2D eigenvalue weighted by atomic mass is 16.6. The number of nitrogens with zero attached hydrogens (tertiary/aromatic N) is 4. The molecule has 1 aliphatic rings. The van der Waals surface area contributed by atoms with Crippen LogP contribution < -0.4 is 5.73 Å². The van der Waals surface area contributed by atoms with E-state index in [1.165, 1.54) is 12.1 Å². The summed E-state index contributed by atoms with van der Waals surface area (Å²) in [6.45, 7) is 1.96. The van der Waals surface area contributed by atoms with Crippen LogP contribution in [-0.4, -0.2) is 43.4 Å². The molecule has 0 radical (unpaired) electrons. The number of hydrogen-bond acceptors (Lipinski definition) is 6. The number of nitro groups is 1. The molecular weight excluding hydrogens is 374 g/mol. The topological polar surface area (TPSA) is 127 Å². The molecule has 0 spiro atoms. The number of nitro benzene ring substituents is 1. The predicted molar refractivity (Wildman–Crippen MR) is 107 cm³/mol. The molecule has 0 aliphatic carbocycles. The Kier molecular flexibility index (Phi) is 4.89. The van der Waals surface area contributed by atoms with E-state index in [0.29, 0.717) is 38.2 Å². The van der Waals surface area contributed by atoms with Gasteiger partial charge in [-0.1, -0.05) is 0 Å². The summed E-state index contributed by atoms with van der Waals surface area (Å²) in [5, 5.41) is 20.2. The van der Waals surface area contributed by atoms with E-state index in [4.69, 9.17) is 10.7 Å². The van der Waals surface area contributed by atoms with E-state index < -0.39 is 10.9 Å². The number of likely N-dealkylation sites (tertiary alicyclic amines) is 1. The number of pyridine rings is 1. The van der Waals surface area contributed by atoms with Crippen molar-refractivity contribution in [1.82, 2.24) is 14.3 Å². The predicted octanol–water partition coefficient (Wildman–Crippen LogP) is 2.79. The first-order chi connectivity index (χ1) is 13.9. The summed E-state index contributed by atoms with van der Waals surface area (Å²) >= 11 is 0. The lowest BCUT2D eigenvalue weighted by Crippen LogP contribution is -2.36. The van der Waals surface area contributed by atoms with Crippen molar-refractivity contribution in [1.29, 1.82) is 0 Å². The average Bonchev–Trinajstić information content (AvgIpc) is 3.06. The van der Waals surface area contributed by atoms with E-state index in [-0.39, 0.29) is 11.6 Å². The lowest BCUT2D eigenvalue weighted by Gasteiger charge is -2.30. The van der Waals surface area contributed by atoms with Gasteiger partial charge in [0.05, 0.1) is 22.2 Å². The first-order valence-electron chi connectivity index (χ1n) is 9.39. The normalized spacial score (nSPS) is 15.6. The zero-order valence-electron chi connectivity index (χ0n) is 15.7. The van der Waals surface area contributed by atoms with Crippen molar-refractivity contribution in [2.75, 3.05) is 18.8 Å². The Balaban J connectivity index is 1.69. The maximum absolute atomic E-state index is 11.2. The first kappa shape index (κ1) is 18.9. The third kappa shape index (κ3) is 3.77. The van der Waals surface area contributed by atoms with Crippen molar-refractivity contribution in [2.24, 2.45) is 5.92 Å². The van der Waals surface area contributed by atoms with Crippen LogP contribution in [0.15, 0.2) is 42.6 Å². The number of aliphatic carboxylic acids is 1. The van der Waals surface area contributed by atoms with E-state index >= 15 is 0 Å². The van der Waals surface area contributed by atoms with Gasteiger partial charge in [0, 0.05) is 36.1 Å². The number of carbonyl (C=O) groups is 1. The standard InChI is InChI=1S/C20H21N5O4/c21-15-3-6-18-22-19(13-1-4-16(5-2-13)25(28)29)17(24(18)11-15)12-23-9-7-14(8-10-23)20(26)27/h1-6,11,14H,7-10,12,21H2,(H,26,27). The fourth-order valence-corrected chi connectivity index (χ4v) is 3.78. The Morgan fingerprint density at radius 3 is 2.52 bits per heavy atom. The van der Waals surface area contributed by atoms with Gasteiger partial charge in [0.1, 0.15) is 5.65 Å². The summed E-state index contributed by atoms with van der Waals surface area (Å²) in [5.74, 6) is -1.03. The maximum atomic E-state index is 11.2. The maximum Gasteiger partial charge on any atom is 0.306 e. The van der Waals surface area contributed by atoms with Crippen molar-refractivity contribution in [3.8, 4) is 11.3 Å². The summed E-state index contributed by atoms with van der Waals surface area (Å²) < 4.78 is 1.94. The molecule has 0 bridgehead atoms. The number of nitrogens with two attached hydrogens (primary N) is 1. The van der Waals surface area contributed by atoms with Gasteiger partial charge < -0.3 is 15.2 Å². The molecule has 150 valence electrons. The number of piperidine rings is 1. The summed E-state index contributed by atoms with van der Waals surface area (Å²) in [7, 11) is 0. The van der Waals surface area contributed by atoms with E-state index in [0.717, 1.165) is 22.6 Å². The molecule has 2 aromatic heterocycles. The smallest absolute Gasteiger partial charge is 0.306 e. The minimum Gasteiger partial charge on any atom is -0.481 e. The minimum absolute atomic E-state index is 0.0269. The first-order valence-corrected chi connectivity index (χ1v) is 9.39. The number of nitrogen functional groups attached to an aromatic ring is 1. The second-order valence-corrected chi connectivity index (χ2v) is 7.29. The fraction of sp³-hybridized carbons (Fsp3) is 0.300. The van der Waals surface area contributed by atoms with Gasteiger partial charge in [-0.2, -0.15) is 0 Å². The molecule has 1 aromatic carbocycles. The molecule has 0 unspecified atom stereocenters. The van der Waals surface area contributed by atoms with Gasteiger partial charge in [0.15, 0.2) is 0 Å². The molecule has 1 fully saturated rings. The lowest BCUT2D eigenvalue weighted by atomic mass is 9.97. The lowest BCUT2D eigenvalue weighted by molar-refractivity contribution is -0.384. The molecule has 0 atom stereocenters. The zero-order valence-corrected chi connectivity index (χ0v) is 15.7. The van der Waals surface area contributed by atoms with Crippen LogP contribution in [0.2, 0.25) is 0 Å². The van der Waals surface area contributed by atoms with Crippen LogP contribution in [0.1, 0.15) is 18.5 Å². The highest BCUT2D eigenvalue weighted by molar-refractivity contribution is 5.70. The Morgan fingerprint density at radius 1 is 1.21 bits per heavy atom. The fourth-order valence-electron chi connectivity index (χ4n) is 3.78. The molecule has 0 saturated carbocycles.